The third-order valence-electron chi connectivity index (χ3n) is 9.88. The fourth-order valence-electron chi connectivity index (χ4n) is 7.01. The molecular weight excluding hydrogens is 651 g/mol. The Kier molecular flexibility index (Phi) is 8.95. The lowest BCUT2D eigenvalue weighted by molar-refractivity contribution is -0.131. The Morgan fingerprint density at radius 3 is 2.59 bits per heavy atom. The first-order chi connectivity index (χ1) is 25.0. The van der Waals surface area contributed by atoms with Gasteiger partial charge in [0.1, 0.15) is 11.4 Å². The molecule has 0 unspecified atom stereocenters. The number of carbonyl (C=O) groups excluding carboxylic acids is 2. The number of para-hydroxylation sites is 1. The van der Waals surface area contributed by atoms with Crippen molar-refractivity contribution in [3.8, 4) is 22.6 Å². The fourth-order valence-corrected chi connectivity index (χ4v) is 7.01. The largest absolute Gasteiger partial charge is 0.496 e. The Morgan fingerprint density at radius 1 is 0.980 bits per heavy atom. The second-order valence-electron chi connectivity index (χ2n) is 13.2. The molecule has 2 amide bonds. The van der Waals surface area contributed by atoms with Gasteiger partial charge in [0.25, 0.3) is 5.91 Å². The molecule has 51 heavy (non-hydrogen) atoms. The Labute approximate surface area is 296 Å². The van der Waals surface area contributed by atoms with Gasteiger partial charge in [-0.3, -0.25) is 14.6 Å². The molecule has 5 heterocycles. The number of ether oxygens (including phenoxy) is 2. The molecule has 1 aliphatic carbocycles. The van der Waals surface area contributed by atoms with Crippen molar-refractivity contribution in [1.29, 1.82) is 0 Å². The van der Waals surface area contributed by atoms with Crippen LogP contribution in [0.5, 0.6) is 11.5 Å². The molecule has 3 aliphatic heterocycles. The van der Waals surface area contributed by atoms with E-state index in [4.69, 9.17) is 9.47 Å². The third kappa shape index (κ3) is 6.68. The van der Waals surface area contributed by atoms with E-state index in [-0.39, 0.29) is 31.4 Å². The number of benzene rings is 2. The SMILES string of the molecule is COc1ccccc1-c1cc(C2=CCCN(C(=O)CCN3C=CNN3)C2)c(F)c2[nH]c(C(=O)N3CCN(c4ncccc4OC4CC4)CC3)cc12.[HH]. The van der Waals surface area contributed by atoms with E-state index in [1.807, 2.05) is 54.7 Å². The van der Waals surface area contributed by atoms with Gasteiger partial charge in [0.15, 0.2) is 17.4 Å². The summed E-state index contributed by atoms with van der Waals surface area (Å²) in [5, 5.41) is 2.39. The molecule has 2 aromatic heterocycles. The molecule has 0 atom stereocenters. The number of anilines is 1. The summed E-state index contributed by atoms with van der Waals surface area (Å²) in [4.78, 5) is 40.7. The third-order valence-corrected chi connectivity index (χ3v) is 9.88. The molecule has 3 N–H and O–H groups in total. The number of aromatic amines is 1. The monoisotopic (exact) mass is 694 g/mol. The Balaban J connectivity index is 0.00000420. The number of carbonyl (C=O) groups is 2. The maximum absolute atomic E-state index is 16.7. The van der Waals surface area contributed by atoms with E-state index in [1.54, 1.807) is 40.4 Å². The van der Waals surface area contributed by atoms with Gasteiger partial charge in [-0.15, -0.1) is 5.53 Å². The standard InChI is InChI=1S/C38H41FN8O4.H2/c1-50-32-8-3-2-7-27(32)29-22-28(25-6-5-15-46(24-25)34(48)12-16-47-17-14-41-43-47)35(39)36-30(29)23-31(42-36)38(49)45-20-18-44(19-21-45)37-33(9-4-13-40-37)51-26-10-11-26;/h2-4,6-9,13-14,17,22-23,26,41-43H,5,10-12,15-16,18-21,24H2,1H3;1H. The molecule has 0 radical (unpaired) electrons. The van der Waals surface area contributed by atoms with Crippen molar-refractivity contribution in [2.45, 2.75) is 31.8 Å². The summed E-state index contributed by atoms with van der Waals surface area (Å²) < 4.78 is 28.5. The predicted molar refractivity (Wildman–Crippen MR) is 194 cm³/mol. The van der Waals surface area contributed by atoms with Crippen molar-refractivity contribution >= 4 is 34.1 Å². The predicted octanol–water partition coefficient (Wildman–Crippen LogP) is 4.93. The molecule has 0 bridgehead atoms. The van der Waals surface area contributed by atoms with Crippen LogP contribution in [0.3, 0.4) is 0 Å². The molecular formula is C38H43FN8O4. The van der Waals surface area contributed by atoms with Crippen LogP contribution in [0.25, 0.3) is 27.6 Å². The molecule has 266 valence electrons. The molecule has 1 saturated heterocycles. The molecule has 2 aromatic carbocycles. The zero-order valence-corrected chi connectivity index (χ0v) is 28.5. The highest BCUT2D eigenvalue weighted by Crippen LogP contribution is 2.40. The minimum atomic E-state index is -0.455. The smallest absolute Gasteiger partial charge is 0.270 e. The lowest BCUT2D eigenvalue weighted by Crippen LogP contribution is -2.49. The van der Waals surface area contributed by atoms with Gasteiger partial charge in [-0.1, -0.05) is 24.3 Å². The van der Waals surface area contributed by atoms with Crippen LogP contribution in [0.1, 0.15) is 43.2 Å². The van der Waals surface area contributed by atoms with E-state index in [2.05, 4.69) is 25.8 Å². The van der Waals surface area contributed by atoms with Crippen molar-refractivity contribution < 1.29 is 24.9 Å². The van der Waals surface area contributed by atoms with Crippen molar-refractivity contribution in [2.75, 3.05) is 57.8 Å². The number of methoxy groups -OCH3 is 1. The molecule has 13 heteroatoms. The number of halogens is 1. The maximum Gasteiger partial charge on any atom is 0.270 e. The van der Waals surface area contributed by atoms with E-state index < -0.39 is 5.82 Å². The Bertz CT molecular complexity index is 2020. The lowest BCUT2D eigenvalue weighted by Gasteiger charge is -2.35. The van der Waals surface area contributed by atoms with Gasteiger partial charge in [-0.25, -0.2) is 9.37 Å². The van der Waals surface area contributed by atoms with Crippen LogP contribution in [0.4, 0.5) is 10.2 Å². The van der Waals surface area contributed by atoms with Crippen LogP contribution in [-0.2, 0) is 4.79 Å². The van der Waals surface area contributed by atoms with E-state index in [0.717, 1.165) is 41.1 Å². The van der Waals surface area contributed by atoms with Gasteiger partial charge in [-0.05, 0) is 60.7 Å². The average Bonchev–Trinajstić information content (AvgIpc) is 3.62. The summed E-state index contributed by atoms with van der Waals surface area (Å²) in [6, 6.07) is 15.0. The minimum absolute atomic E-state index is 0. The highest BCUT2D eigenvalue weighted by Gasteiger charge is 2.30. The van der Waals surface area contributed by atoms with Crippen molar-refractivity contribution in [1.82, 2.24) is 35.7 Å². The Hall–Kier alpha value is -5.56. The van der Waals surface area contributed by atoms with E-state index in [9.17, 15) is 9.59 Å². The summed E-state index contributed by atoms with van der Waals surface area (Å²) in [6.07, 6.45) is 10.7. The number of H-pyrrole nitrogens is 1. The van der Waals surface area contributed by atoms with Gasteiger partial charge in [0, 0.05) is 88.8 Å². The molecule has 12 nitrogen and oxygen atoms in total. The lowest BCUT2D eigenvalue weighted by atomic mass is 9.93. The first kappa shape index (κ1) is 32.6. The van der Waals surface area contributed by atoms with E-state index >= 15 is 4.39 Å². The summed E-state index contributed by atoms with van der Waals surface area (Å²) in [6.45, 7) is 3.52. The number of aromatic nitrogens is 2. The molecule has 8 rings (SSSR count). The van der Waals surface area contributed by atoms with Crippen molar-refractivity contribution in [3.05, 3.63) is 90.3 Å². The van der Waals surface area contributed by atoms with Gasteiger partial charge in [-0.2, -0.15) is 0 Å². The van der Waals surface area contributed by atoms with Crippen LogP contribution in [-0.4, -0.2) is 95.6 Å². The maximum atomic E-state index is 16.7. The van der Waals surface area contributed by atoms with Crippen molar-refractivity contribution in [3.63, 3.8) is 0 Å². The van der Waals surface area contributed by atoms with Crippen LogP contribution in [0, 0.1) is 5.82 Å². The van der Waals surface area contributed by atoms with Crippen LogP contribution >= 0.6 is 0 Å². The van der Waals surface area contributed by atoms with Crippen molar-refractivity contribution in [2.24, 2.45) is 0 Å². The van der Waals surface area contributed by atoms with Crippen LogP contribution in [0.15, 0.2) is 73.2 Å². The number of rotatable bonds is 10. The number of pyridine rings is 1. The summed E-state index contributed by atoms with van der Waals surface area (Å²) in [5.41, 5.74) is 9.01. The number of hydrogen-bond acceptors (Lipinski definition) is 9. The first-order valence-electron chi connectivity index (χ1n) is 17.5. The van der Waals surface area contributed by atoms with E-state index in [1.165, 1.54) is 0 Å². The van der Waals surface area contributed by atoms with Gasteiger partial charge in [0.05, 0.1) is 18.7 Å². The van der Waals surface area contributed by atoms with Gasteiger partial charge >= 0.3 is 0 Å². The second kappa shape index (κ2) is 14.0. The number of fused-ring (bicyclic) bond motifs is 1. The Morgan fingerprint density at radius 2 is 1.80 bits per heavy atom. The van der Waals surface area contributed by atoms with Crippen LogP contribution in [0.2, 0.25) is 0 Å². The highest BCUT2D eigenvalue weighted by atomic mass is 19.1. The zero-order valence-electron chi connectivity index (χ0n) is 28.5. The average molecular weight is 695 g/mol. The minimum Gasteiger partial charge on any atom is -0.496 e. The molecule has 4 aromatic rings. The number of hydrogen-bond donors (Lipinski definition) is 3. The number of amides is 2. The number of nitrogens with zero attached hydrogens (tertiary/aromatic N) is 5. The quantitative estimate of drug-likeness (QED) is 0.213. The van der Waals surface area contributed by atoms with Gasteiger partial charge < -0.3 is 34.6 Å². The zero-order chi connectivity index (χ0) is 34.9. The molecule has 1 saturated carbocycles. The molecule has 4 aliphatic rings. The highest BCUT2D eigenvalue weighted by molar-refractivity contribution is 6.05. The van der Waals surface area contributed by atoms with E-state index in [0.29, 0.717) is 74.5 Å². The van der Waals surface area contributed by atoms with Crippen LogP contribution < -0.4 is 25.3 Å². The molecule has 2 fully saturated rings. The first-order valence-corrected chi connectivity index (χ1v) is 17.5. The summed E-state index contributed by atoms with van der Waals surface area (Å²) >= 11 is 0. The number of nitrogens with one attached hydrogen (secondary N) is 3. The summed E-state index contributed by atoms with van der Waals surface area (Å²) in [5.74, 6) is 1.56. The fraction of sp³-hybridized carbons (Fsp3) is 0.342. The summed E-state index contributed by atoms with van der Waals surface area (Å²) in [7, 11) is 1.61. The topological polar surface area (TPSA) is 118 Å². The normalized spacial score (nSPS) is 17.5. The number of piperazine rings is 1. The second-order valence-corrected chi connectivity index (χ2v) is 13.2. The molecule has 0 spiro atoms. The number of hydrazine groups is 2. The van der Waals surface area contributed by atoms with Gasteiger partial charge in [0.2, 0.25) is 5.91 Å².